The first-order valence-corrected chi connectivity index (χ1v) is 9.10. The van der Waals surface area contributed by atoms with Gasteiger partial charge in [0.25, 0.3) is 0 Å². The minimum atomic E-state index is -0.194. The van der Waals surface area contributed by atoms with E-state index in [2.05, 4.69) is 15.3 Å². The van der Waals surface area contributed by atoms with E-state index in [0.717, 1.165) is 21.8 Å². The fourth-order valence-corrected chi connectivity index (χ4v) is 3.19. The van der Waals surface area contributed by atoms with Crippen LogP contribution in [-0.2, 0) is 11.3 Å². The van der Waals surface area contributed by atoms with E-state index in [0.29, 0.717) is 18.0 Å². The maximum absolute atomic E-state index is 12.1. The summed E-state index contributed by atoms with van der Waals surface area (Å²) in [5, 5.41) is 5.65. The summed E-state index contributed by atoms with van der Waals surface area (Å²) in [6.45, 7) is 0.367. The highest BCUT2D eigenvalue weighted by atomic mass is 32.1. The second kappa shape index (κ2) is 8.95. The molecule has 0 radical (unpaired) electrons. The van der Waals surface area contributed by atoms with Gasteiger partial charge in [-0.25, -0.2) is 4.98 Å². The Labute approximate surface area is 161 Å². The molecule has 3 rings (SSSR count). The van der Waals surface area contributed by atoms with E-state index in [-0.39, 0.29) is 5.91 Å². The van der Waals surface area contributed by atoms with Gasteiger partial charge >= 0.3 is 0 Å². The molecule has 7 heteroatoms. The Hall–Kier alpha value is -3.19. The van der Waals surface area contributed by atoms with Crippen LogP contribution in [0.2, 0.25) is 0 Å². The van der Waals surface area contributed by atoms with Crippen molar-refractivity contribution in [1.29, 1.82) is 0 Å². The molecule has 138 valence electrons. The highest BCUT2D eigenvalue weighted by Crippen LogP contribution is 2.28. The fraction of sp³-hybridized carbons (Fsp3) is 0.150. The Morgan fingerprint density at radius 3 is 2.81 bits per heavy atom. The number of benzene rings is 1. The van der Waals surface area contributed by atoms with Crippen LogP contribution in [-0.4, -0.2) is 30.1 Å². The lowest BCUT2D eigenvalue weighted by Gasteiger charge is -2.07. The predicted octanol–water partition coefficient (Wildman–Crippen LogP) is 3.55. The third-order valence-corrected chi connectivity index (χ3v) is 4.68. The van der Waals surface area contributed by atoms with Crippen LogP contribution in [0, 0.1) is 0 Å². The van der Waals surface area contributed by atoms with Crippen LogP contribution in [0.4, 0.5) is 0 Å². The van der Waals surface area contributed by atoms with Gasteiger partial charge < -0.3 is 14.8 Å². The van der Waals surface area contributed by atoms with Crippen molar-refractivity contribution in [3.05, 3.63) is 65.4 Å². The highest BCUT2D eigenvalue weighted by Gasteiger charge is 2.06. The summed E-state index contributed by atoms with van der Waals surface area (Å²) >= 11 is 1.53. The van der Waals surface area contributed by atoms with Gasteiger partial charge in [0.2, 0.25) is 5.91 Å². The van der Waals surface area contributed by atoms with Gasteiger partial charge in [-0.15, -0.1) is 11.3 Å². The van der Waals surface area contributed by atoms with Crippen molar-refractivity contribution >= 4 is 23.3 Å². The number of hydrogen-bond donors (Lipinski definition) is 1. The number of aromatic nitrogens is 2. The van der Waals surface area contributed by atoms with Gasteiger partial charge in [-0.3, -0.25) is 9.78 Å². The van der Waals surface area contributed by atoms with Crippen LogP contribution < -0.4 is 14.8 Å². The molecule has 0 aliphatic heterocycles. The molecule has 0 saturated carbocycles. The van der Waals surface area contributed by atoms with Crippen LogP contribution in [0.3, 0.4) is 0 Å². The molecule has 2 heterocycles. The molecule has 0 saturated heterocycles. The summed E-state index contributed by atoms with van der Waals surface area (Å²) in [6.07, 6.45) is 6.70. The summed E-state index contributed by atoms with van der Waals surface area (Å²) < 4.78 is 10.5. The Balaban J connectivity index is 1.57. The Bertz CT molecular complexity index is 939. The molecule has 0 aliphatic rings. The standard InChI is InChI=1S/C20H19N3O3S/c1-25-17-7-5-14(10-18(17)26-2)6-8-19(24)22-12-16-13-27-20(23-16)15-4-3-9-21-11-15/h3-11,13H,12H2,1-2H3,(H,22,24)/b8-6+. The van der Waals surface area contributed by atoms with Crippen LogP contribution in [0.5, 0.6) is 11.5 Å². The van der Waals surface area contributed by atoms with Gasteiger partial charge in [0.1, 0.15) is 5.01 Å². The summed E-state index contributed by atoms with van der Waals surface area (Å²) in [7, 11) is 3.16. The third-order valence-electron chi connectivity index (χ3n) is 3.74. The van der Waals surface area contributed by atoms with Gasteiger partial charge in [0.15, 0.2) is 11.5 Å². The van der Waals surface area contributed by atoms with E-state index in [9.17, 15) is 4.79 Å². The maximum atomic E-state index is 12.1. The molecule has 0 unspecified atom stereocenters. The van der Waals surface area contributed by atoms with E-state index < -0.39 is 0 Å². The number of methoxy groups -OCH3 is 2. The summed E-state index contributed by atoms with van der Waals surface area (Å²) in [5.41, 5.74) is 2.62. The van der Waals surface area contributed by atoms with Crippen molar-refractivity contribution < 1.29 is 14.3 Å². The van der Waals surface area contributed by atoms with E-state index in [4.69, 9.17) is 9.47 Å². The largest absolute Gasteiger partial charge is 0.493 e. The first-order chi connectivity index (χ1) is 13.2. The van der Waals surface area contributed by atoms with Gasteiger partial charge in [-0.2, -0.15) is 0 Å². The van der Waals surface area contributed by atoms with Gasteiger partial charge in [-0.1, -0.05) is 6.07 Å². The molecule has 1 aromatic carbocycles. The molecule has 0 bridgehead atoms. The zero-order chi connectivity index (χ0) is 19.1. The zero-order valence-electron chi connectivity index (χ0n) is 15.0. The number of pyridine rings is 1. The lowest BCUT2D eigenvalue weighted by atomic mass is 10.2. The minimum Gasteiger partial charge on any atom is -0.493 e. The minimum absolute atomic E-state index is 0.194. The van der Waals surface area contributed by atoms with E-state index in [1.165, 1.54) is 17.4 Å². The van der Waals surface area contributed by atoms with Crippen molar-refractivity contribution in [3.8, 4) is 22.1 Å². The topological polar surface area (TPSA) is 73.3 Å². The Morgan fingerprint density at radius 1 is 1.22 bits per heavy atom. The van der Waals surface area contributed by atoms with Gasteiger partial charge in [0.05, 0.1) is 26.5 Å². The number of rotatable bonds is 7. The summed E-state index contributed by atoms with van der Waals surface area (Å²) in [4.78, 5) is 20.7. The smallest absolute Gasteiger partial charge is 0.244 e. The number of nitrogens with zero attached hydrogens (tertiary/aromatic N) is 2. The second-order valence-corrected chi connectivity index (χ2v) is 6.41. The van der Waals surface area contributed by atoms with Gasteiger partial charge in [0, 0.05) is 29.4 Å². The van der Waals surface area contributed by atoms with Crippen LogP contribution in [0.25, 0.3) is 16.6 Å². The molecule has 2 aromatic heterocycles. The molecule has 6 nitrogen and oxygen atoms in total. The number of carbonyl (C=O) groups excluding carboxylic acids is 1. The molecule has 0 aliphatic carbocycles. The van der Waals surface area contributed by atoms with Crippen LogP contribution in [0.1, 0.15) is 11.3 Å². The molecule has 1 amide bonds. The SMILES string of the molecule is COc1ccc(/C=C/C(=O)NCc2csc(-c3cccnc3)n2)cc1OC. The quantitative estimate of drug-likeness (QED) is 0.634. The summed E-state index contributed by atoms with van der Waals surface area (Å²) in [5.74, 6) is 1.07. The van der Waals surface area contributed by atoms with Crippen molar-refractivity contribution in [2.45, 2.75) is 6.54 Å². The molecule has 0 fully saturated rings. The van der Waals surface area contributed by atoms with Crippen LogP contribution in [0.15, 0.2) is 54.2 Å². The van der Waals surface area contributed by atoms with Crippen molar-refractivity contribution in [1.82, 2.24) is 15.3 Å². The number of amides is 1. The Morgan fingerprint density at radius 2 is 2.07 bits per heavy atom. The fourth-order valence-electron chi connectivity index (χ4n) is 2.38. The molecular formula is C20H19N3O3S. The number of carbonyl (C=O) groups is 1. The molecular weight excluding hydrogens is 362 g/mol. The first kappa shape index (κ1) is 18.6. The average Bonchev–Trinajstić information content (AvgIpc) is 3.20. The van der Waals surface area contributed by atoms with Crippen molar-refractivity contribution in [2.75, 3.05) is 14.2 Å². The van der Waals surface area contributed by atoms with Crippen molar-refractivity contribution in [3.63, 3.8) is 0 Å². The number of ether oxygens (including phenoxy) is 2. The molecule has 3 aromatic rings. The second-order valence-electron chi connectivity index (χ2n) is 5.55. The van der Waals surface area contributed by atoms with E-state index in [1.807, 2.05) is 29.6 Å². The first-order valence-electron chi connectivity index (χ1n) is 8.22. The zero-order valence-corrected chi connectivity index (χ0v) is 15.8. The normalized spacial score (nSPS) is 10.7. The van der Waals surface area contributed by atoms with Crippen LogP contribution >= 0.6 is 11.3 Å². The Kier molecular flexibility index (Phi) is 6.17. The maximum Gasteiger partial charge on any atom is 0.244 e. The highest BCUT2D eigenvalue weighted by molar-refractivity contribution is 7.13. The number of thiazole rings is 1. The van der Waals surface area contributed by atoms with Crippen molar-refractivity contribution in [2.24, 2.45) is 0 Å². The monoisotopic (exact) mass is 381 g/mol. The third kappa shape index (κ3) is 4.92. The lowest BCUT2D eigenvalue weighted by molar-refractivity contribution is -0.116. The lowest BCUT2D eigenvalue weighted by Crippen LogP contribution is -2.20. The summed E-state index contributed by atoms with van der Waals surface area (Å²) in [6, 6.07) is 9.29. The van der Waals surface area contributed by atoms with E-state index in [1.54, 1.807) is 38.8 Å². The number of hydrogen-bond acceptors (Lipinski definition) is 6. The average molecular weight is 381 g/mol. The molecule has 0 atom stereocenters. The molecule has 1 N–H and O–H groups in total. The predicted molar refractivity (Wildman–Crippen MR) is 106 cm³/mol. The molecule has 27 heavy (non-hydrogen) atoms. The van der Waals surface area contributed by atoms with E-state index >= 15 is 0 Å². The van der Waals surface area contributed by atoms with Gasteiger partial charge in [-0.05, 0) is 35.9 Å². The number of nitrogens with one attached hydrogen (secondary N) is 1. The molecule has 0 spiro atoms.